The monoisotopic (exact) mass is 1060 g/mol. The molecule has 4 N–H and O–H groups in total. The molecule has 11 heteroatoms. The molecule has 6 heterocycles. The molecule has 436 valence electrons. The van der Waals surface area contributed by atoms with E-state index in [1.807, 2.05) is 36.7 Å². The molecule has 1 atom stereocenters. The van der Waals surface area contributed by atoms with Gasteiger partial charge in [0.1, 0.15) is 0 Å². The molecular weight excluding hydrogens is 937 g/mol. The Labute approximate surface area is 469 Å². The molecule has 0 aliphatic carbocycles. The molecule has 1 unspecified atom stereocenters. The number of morpholine rings is 1. The maximum absolute atomic E-state index is 5.28. The molecule has 0 saturated carbocycles. The van der Waals surface area contributed by atoms with Crippen molar-refractivity contribution >= 4 is 0 Å². The summed E-state index contributed by atoms with van der Waals surface area (Å²) in [6.45, 7) is 56.9. The average molecular weight is 1060 g/mol. The van der Waals surface area contributed by atoms with Gasteiger partial charge in [0.2, 0.25) is 0 Å². The van der Waals surface area contributed by atoms with E-state index in [1.54, 1.807) is 0 Å². The van der Waals surface area contributed by atoms with Crippen LogP contribution in [0.4, 0.5) is 0 Å². The van der Waals surface area contributed by atoms with Gasteiger partial charge in [-0.15, -0.1) is 0 Å². The number of aromatic nitrogens is 2. The van der Waals surface area contributed by atoms with Crippen LogP contribution in [0.3, 0.4) is 0 Å². The van der Waals surface area contributed by atoms with Gasteiger partial charge >= 0.3 is 0 Å². The van der Waals surface area contributed by atoms with Gasteiger partial charge in [0.05, 0.1) is 13.2 Å². The second kappa shape index (κ2) is 35.0. The molecule has 0 amide bonds. The highest BCUT2D eigenvalue weighted by Gasteiger charge is 2.27. The lowest BCUT2D eigenvalue weighted by atomic mass is 9.90. The lowest BCUT2D eigenvalue weighted by Crippen LogP contribution is -2.44. The third kappa shape index (κ3) is 37.1. The first-order valence-corrected chi connectivity index (χ1v) is 29.7. The number of likely N-dealkylation sites (N-methyl/N-ethyl adjacent to an activating group) is 1. The van der Waals surface area contributed by atoms with Crippen molar-refractivity contribution in [2.75, 3.05) is 92.3 Å². The lowest BCUT2D eigenvalue weighted by molar-refractivity contribution is 0.0378. The van der Waals surface area contributed by atoms with Gasteiger partial charge in [-0.1, -0.05) is 63.6 Å². The van der Waals surface area contributed by atoms with Crippen molar-refractivity contribution < 1.29 is 4.74 Å². The van der Waals surface area contributed by atoms with Gasteiger partial charge in [-0.3, -0.25) is 19.8 Å². The quantitative estimate of drug-likeness (QED) is 0.132. The van der Waals surface area contributed by atoms with Gasteiger partial charge in [-0.25, -0.2) is 0 Å². The predicted molar refractivity (Wildman–Crippen MR) is 330 cm³/mol. The van der Waals surface area contributed by atoms with Gasteiger partial charge in [-0.05, 0) is 210 Å². The van der Waals surface area contributed by atoms with E-state index in [9.17, 15) is 0 Å². The average Bonchev–Trinajstić information content (AvgIpc) is 3.97. The number of hydrogen-bond acceptors (Lipinski definition) is 11. The zero-order chi connectivity index (χ0) is 56.9. The molecular formula is C65H120N10O. The zero-order valence-corrected chi connectivity index (χ0v) is 52.9. The maximum atomic E-state index is 5.28. The molecule has 2 aromatic heterocycles. The summed E-state index contributed by atoms with van der Waals surface area (Å²) in [5, 5.41) is 14.0. The summed E-state index contributed by atoms with van der Waals surface area (Å²) >= 11 is 0. The Bertz CT molecular complexity index is 1810. The van der Waals surface area contributed by atoms with Crippen LogP contribution in [0.25, 0.3) is 0 Å². The summed E-state index contributed by atoms with van der Waals surface area (Å²) < 4.78 is 5.28. The van der Waals surface area contributed by atoms with Crippen molar-refractivity contribution in [1.29, 1.82) is 0 Å². The first-order valence-electron chi connectivity index (χ1n) is 29.7. The largest absolute Gasteiger partial charge is 0.379 e. The number of ether oxygens (including phenoxy) is 1. The predicted octanol–water partition coefficient (Wildman–Crippen LogP) is 11.9. The number of nitrogens with one attached hydrogen (secondary N) is 4. The van der Waals surface area contributed by atoms with Crippen LogP contribution in [0.15, 0.2) is 73.1 Å². The Balaban J connectivity index is 0.000000312. The van der Waals surface area contributed by atoms with E-state index in [-0.39, 0.29) is 22.2 Å². The van der Waals surface area contributed by atoms with Crippen molar-refractivity contribution in [3.8, 4) is 0 Å². The second-order valence-corrected chi connectivity index (χ2v) is 28.0. The van der Waals surface area contributed by atoms with Crippen LogP contribution >= 0.6 is 0 Å². The number of hydrogen-bond donors (Lipinski definition) is 4. The minimum absolute atomic E-state index is 0.203. The minimum Gasteiger partial charge on any atom is -0.379 e. The molecule has 1 aromatic carbocycles. The first-order chi connectivity index (χ1) is 35.4. The highest BCUT2D eigenvalue weighted by Crippen LogP contribution is 2.28. The van der Waals surface area contributed by atoms with Gasteiger partial charge < -0.3 is 35.8 Å². The van der Waals surface area contributed by atoms with E-state index in [0.29, 0.717) is 11.0 Å². The molecule has 76 heavy (non-hydrogen) atoms. The molecule has 0 spiro atoms. The highest BCUT2D eigenvalue weighted by molar-refractivity contribution is 5.30. The van der Waals surface area contributed by atoms with Gasteiger partial charge in [-0.2, -0.15) is 0 Å². The molecule has 4 aliphatic heterocycles. The molecule has 3 saturated heterocycles. The lowest BCUT2D eigenvalue weighted by Gasteiger charge is -2.31. The van der Waals surface area contributed by atoms with Crippen molar-refractivity contribution in [3.63, 3.8) is 0 Å². The van der Waals surface area contributed by atoms with E-state index in [2.05, 4.69) is 219 Å². The van der Waals surface area contributed by atoms with Crippen LogP contribution in [0, 0.1) is 5.41 Å². The summed E-state index contributed by atoms with van der Waals surface area (Å²) in [5.41, 5.74) is 7.04. The van der Waals surface area contributed by atoms with E-state index >= 15 is 0 Å². The number of pyridine rings is 2. The van der Waals surface area contributed by atoms with Crippen LogP contribution in [0.5, 0.6) is 0 Å². The minimum atomic E-state index is 0.203. The van der Waals surface area contributed by atoms with Gasteiger partial charge in [0.25, 0.3) is 0 Å². The maximum Gasteiger partial charge on any atom is 0.0594 e. The van der Waals surface area contributed by atoms with E-state index in [0.717, 1.165) is 96.7 Å². The van der Waals surface area contributed by atoms with Crippen LogP contribution in [0.2, 0.25) is 0 Å². The fourth-order valence-electron chi connectivity index (χ4n) is 8.82. The van der Waals surface area contributed by atoms with E-state index < -0.39 is 0 Å². The zero-order valence-electron chi connectivity index (χ0n) is 52.9. The Kier molecular flexibility index (Phi) is 31.9. The third-order valence-corrected chi connectivity index (χ3v) is 13.7. The second-order valence-electron chi connectivity index (χ2n) is 28.0. The Morgan fingerprint density at radius 3 is 1.36 bits per heavy atom. The van der Waals surface area contributed by atoms with E-state index in [1.165, 1.54) is 81.5 Å². The summed E-state index contributed by atoms with van der Waals surface area (Å²) in [5.74, 6) is 0. The van der Waals surface area contributed by atoms with Crippen LogP contribution in [-0.4, -0.2) is 156 Å². The van der Waals surface area contributed by atoms with Crippen molar-refractivity contribution in [1.82, 2.24) is 50.8 Å². The molecule has 11 nitrogen and oxygen atoms in total. The third-order valence-electron chi connectivity index (χ3n) is 13.7. The molecule has 3 aromatic rings. The number of rotatable bonds is 13. The van der Waals surface area contributed by atoms with Crippen LogP contribution < -0.4 is 21.3 Å². The number of nitrogens with zero attached hydrogens (tertiary/aromatic N) is 6. The number of fused-ring (bicyclic) bond motifs is 1. The van der Waals surface area contributed by atoms with Crippen molar-refractivity contribution in [3.05, 3.63) is 95.6 Å². The Morgan fingerprint density at radius 1 is 0.500 bits per heavy atom. The Hall–Kier alpha value is -2.84. The smallest absolute Gasteiger partial charge is 0.0594 e. The molecule has 0 radical (unpaired) electrons. The number of piperidine rings is 1. The van der Waals surface area contributed by atoms with Gasteiger partial charge in [0.15, 0.2) is 0 Å². The summed E-state index contributed by atoms with van der Waals surface area (Å²) in [7, 11) is 2.22. The fraction of sp³-hybridized carbons (Fsp3) is 0.754. The van der Waals surface area contributed by atoms with Crippen molar-refractivity contribution in [2.45, 2.75) is 223 Å². The summed E-state index contributed by atoms with van der Waals surface area (Å²) in [6.07, 6.45) is 13.9. The van der Waals surface area contributed by atoms with Crippen LogP contribution in [0.1, 0.15) is 186 Å². The van der Waals surface area contributed by atoms with Gasteiger partial charge in [0, 0.05) is 129 Å². The van der Waals surface area contributed by atoms with Crippen LogP contribution in [-0.2, 0) is 30.7 Å². The molecule has 3 fully saturated rings. The number of benzene rings is 1. The first kappa shape index (κ1) is 69.3. The van der Waals surface area contributed by atoms with Crippen molar-refractivity contribution in [2.24, 2.45) is 5.41 Å². The molecule has 7 rings (SSSR count). The molecule has 0 bridgehead atoms. The number of likely N-dealkylation sites (tertiary alicyclic amines) is 2. The van der Waals surface area contributed by atoms with E-state index in [4.69, 9.17) is 4.74 Å². The highest BCUT2D eigenvalue weighted by atomic mass is 16.5. The standard InChI is InChI=1S/C12H17N.C11H18N2.C11H24N2.C11H17N.C10H22N2O.C10H22N2/c1-12(2,3)13-8-10-6-4-5-7-11(10)9-13;1-11(2,3)13-9-7-10-6-4-5-8-12-10;1-11(2,3)12-7-10-13-8-5-4-6-9-13;1-11(2,3)8-7-10-6-4-5-9-12-10;1-10(2,3)11-4-5-12-6-8-13-9-7-12;1-10(2,3)11-8-9-6-5-7-12(9)4/h4-7H,8-9H2,1-3H3;4-6,8,13H,7,9H2,1-3H3;12H,4-10H2,1-3H3;4-6,9H,7-8H2,1-3H3;11H,4-9H2,1-3H3;9,11H,5-8H2,1-4H3. The fourth-order valence-corrected chi connectivity index (χ4v) is 8.82. The SMILES string of the molecule is CC(C)(C)CCc1ccccn1.CC(C)(C)N1Cc2ccccc2C1.CC(C)(C)NCCN1CCCCC1.CC(C)(C)NCCN1CCOCC1.CC(C)(C)NCCc1ccccn1.CN1CCCC1CNC(C)(C)C. The normalized spacial score (nSPS) is 18.0. The Morgan fingerprint density at radius 2 is 0.947 bits per heavy atom. The number of aryl methyl sites for hydroxylation is 1. The topological polar surface area (TPSA) is 96.1 Å². The summed E-state index contributed by atoms with van der Waals surface area (Å²) in [4.78, 5) is 18.5. The molecule has 4 aliphatic rings. The summed E-state index contributed by atoms with van der Waals surface area (Å²) in [6, 6.07) is 21.6.